The number of aryl methyl sites for hydroxylation is 1. The summed E-state index contributed by atoms with van der Waals surface area (Å²) >= 11 is 3.35. The molecule has 1 atom stereocenters. The molecule has 1 rings (SSSR count). The van der Waals surface area contributed by atoms with E-state index in [1.165, 1.54) is 0 Å². The molecule has 0 aliphatic rings. The van der Waals surface area contributed by atoms with Gasteiger partial charge in [0.1, 0.15) is 5.75 Å². The average Bonchev–Trinajstić information content (AvgIpc) is 2.29. The molecule has 1 unspecified atom stereocenters. The van der Waals surface area contributed by atoms with Crippen LogP contribution in [-0.4, -0.2) is 34.3 Å². The molecule has 0 spiro atoms. The monoisotopic (exact) mass is 285 g/mol. The number of nitrogens with zero attached hydrogens (tertiary/aromatic N) is 1. The van der Waals surface area contributed by atoms with E-state index in [-0.39, 0.29) is 17.7 Å². The fraction of sp³-hybridized carbons (Fsp3) is 0.417. The Balaban J connectivity index is 2.92. The molecule has 1 aromatic carbocycles. The van der Waals surface area contributed by atoms with Crippen molar-refractivity contribution in [2.45, 2.75) is 19.9 Å². The first kappa shape index (κ1) is 13.0. The number of rotatable bonds is 3. The number of hydrogen-bond donors (Lipinski definition) is 1. The van der Waals surface area contributed by atoms with Crippen LogP contribution in [0.15, 0.2) is 18.2 Å². The Hall–Kier alpha value is -1.03. The lowest BCUT2D eigenvalue weighted by atomic mass is 10.1. The molecule has 0 saturated carbocycles. The first-order valence-electron chi connectivity index (χ1n) is 5.10. The predicted molar refractivity (Wildman–Crippen MR) is 68.2 cm³/mol. The molecule has 0 heterocycles. The standard InChI is InChI=1S/C12H16BrNO2/c1-8-6-10(4-5-11(8)15)12(16)14(3)9(2)7-13/h4-6,9,15H,7H2,1-3H3. The number of aromatic hydroxyl groups is 1. The van der Waals surface area contributed by atoms with Gasteiger partial charge in [0.25, 0.3) is 5.91 Å². The molecule has 1 amide bonds. The zero-order chi connectivity index (χ0) is 12.3. The fourth-order valence-corrected chi connectivity index (χ4v) is 1.73. The van der Waals surface area contributed by atoms with Crippen molar-refractivity contribution in [1.29, 1.82) is 0 Å². The van der Waals surface area contributed by atoms with E-state index in [1.54, 1.807) is 37.1 Å². The molecule has 0 fully saturated rings. The summed E-state index contributed by atoms with van der Waals surface area (Å²) in [6, 6.07) is 5.04. The van der Waals surface area contributed by atoms with E-state index in [0.29, 0.717) is 11.1 Å². The van der Waals surface area contributed by atoms with Crippen molar-refractivity contribution in [2.75, 3.05) is 12.4 Å². The number of halogens is 1. The smallest absolute Gasteiger partial charge is 0.253 e. The van der Waals surface area contributed by atoms with E-state index in [0.717, 1.165) is 5.33 Å². The molecule has 0 radical (unpaired) electrons. The van der Waals surface area contributed by atoms with Gasteiger partial charge < -0.3 is 10.0 Å². The van der Waals surface area contributed by atoms with Gasteiger partial charge >= 0.3 is 0 Å². The molecule has 0 aliphatic carbocycles. The summed E-state index contributed by atoms with van der Waals surface area (Å²) in [5, 5.41) is 10.1. The molecule has 16 heavy (non-hydrogen) atoms. The second-order valence-corrected chi connectivity index (χ2v) is 4.57. The molecule has 0 bridgehead atoms. The molecule has 3 nitrogen and oxygen atoms in total. The highest BCUT2D eigenvalue weighted by Crippen LogP contribution is 2.18. The number of carbonyl (C=O) groups is 1. The van der Waals surface area contributed by atoms with E-state index in [1.807, 2.05) is 6.92 Å². The van der Waals surface area contributed by atoms with Crippen LogP contribution < -0.4 is 0 Å². The zero-order valence-electron chi connectivity index (χ0n) is 9.70. The Morgan fingerprint density at radius 2 is 2.19 bits per heavy atom. The van der Waals surface area contributed by atoms with Gasteiger partial charge in [-0.05, 0) is 37.6 Å². The summed E-state index contributed by atoms with van der Waals surface area (Å²) in [4.78, 5) is 13.7. The lowest BCUT2D eigenvalue weighted by Gasteiger charge is -2.23. The summed E-state index contributed by atoms with van der Waals surface area (Å²) < 4.78 is 0. The van der Waals surface area contributed by atoms with Crippen molar-refractivity contribution >= 4 is 21.8 Å². The molecule has 0 saturated heterocycles. The van der Waals surface area contributed by atoms with Crippen LogP contribution in [0.2, 0.25) is 0 Å². The quantitative estimate of drug-likeness (QED) is 0.867. The highest BCUT2D eigenvalue weighted by molar-refractivity contribution is 9.09. The minimum Gasteiger partial charge on any atom is -0.508 e. The van der Waals surface area contributed by atoms with E-state index in [9.17, 15) is 9.90 Å². The van der Waals surface area contributed by atoms with Gasteiger partial charge in [-0.2, -0.15) is 0 Å². The number of carbonyl (C=O) groups excluding carboxylic acids is 1. The van der Waals surface area contributed by atoms with Gasteiger partial charge in [-0.1, -0.05) is 15.9 Å². The van der Waals surface area contributed by atoms with Crippen LogP contribution >= 0.6 is 15.9 Å². The van der Waals surface area contributed by atoms with Crippen molar-refractivity contribution in [3.05, 3.63) is 29.3 Å². The van der Waals surface area contributed by atoms with Gasteiger partial charge in [0.2, 0.25) is 0 Å². The number of benzene rings is 1. The summed E-state index contributed by atoms with van der Waals surface area (Å²) in [7, 11) is 1.77. The Morgan fingerprint density at radius 1 is 1.56 bits per heavy atom. The molecule has 88 valence electrons. The molecule has 0 aliphatic heterocycles. The number of alkyl halides is 1. The predicted octanol–water partition coefficient (Wildman–Crippen LogP) is 2.56. The molecule has 1 aromatic rings. The zero-order valence-corrected chi connectivity index (χ0v) is 11.3. The van der Waals surface area contributed by atoms with Gasteiger partial charge in [0.05, 0.1) is 0 Å². The first-order chi connectivity index (χ1) is 7.47. The molecular formula is C12H16BrNO2. The Labute approximate surface area is 104 Å². The van der Waals surface area contributed by atoms with Crippen molar-refractivity contribution in [2.24, 2.45) is 0 Å². The lowest BCUT2D eigenvalue weighted by molar-refractivity contribution is 0.0758. The summed E-state index contributed by atoms with van der Waals surface area (Å²) in [5.41, 5.74) is 1.32. The topological polar surface area (TPSA) is 40.5 Å². The van der Waals surface area contributed by atoms with Gasteiger partial charge in [0, 0.05) is 24.0 Å². The van der Waals surface area contributed by atoms with Gasteiger partial charge in [-0.25, -0.2) is 0 Å². The normalized spacial score (nSPS) is 12.2. The molecule has 4 heteroatoms. The van der Waals surface area contributed by atoms with Gasteiger partial charge in [0.15, 0.2) is 0 Å². The number of phenolic OH excluding ortho intramolecular Hbond substituents is 1. The van der Waals surface area contributed by atoms with Crippen molar-refractivity contribution in [3.8, 4) is 5.75 Å². The Bertz CT molecular complexity index is 393. The molecular weight excluding hydrogens is 270 g/mol. The largest absolute Gasteiger partial charge is 0.508 e. The van der Waals surface area contributed by atoms with E-state index in [2.05, 4.69) is 15.9 Å². The third kappa shape index (κ3) is 2.76. The van der Waals surface area contributed by atoms with E-state index in [4.69, 9.17) is 0 Å². The second kappa shape index (κ2) is 5.34. The van der Waals surface area contributed by atoms with Crippen LogP contribution in [0.25, 0.3) is 0 Å². The summed E-state index contributed by atoms with van der Waals surface area (Å²) in [6.45, 7) is 3.75. The maximum Gasteiger partial charge on any atom is 0.253 e. The maximum absolute atomic E-state index is 12.0. The number of amides is 1. The van der Waals surface area contributed by atoms with Crippen LogP contribution in [0.1, 0.15) is 22.8 Å². The van der Waals surface area contributed by atoms with Gasteiger partial charge in [-0.3, -0.25) is 4.79 Å². The number of hydrogen-bond acceptors (Lipinski definition) is 2. The SMILES string of the molecule is Cc1cc(C(=O)N(C)C(C)CBr)ccc1O. The lowest BCUT2D eigenvalue weighted by Crippen LogP contribution is -2.36. The average molecular weight is 286 g/mol. The van der Waals surface area contributed by atoms with Gasteiger partial charge in [-0.15, -0.1) is 0 Å². The summed E-state index contributed by atoms with van der Waals surface area (Å²) in [5.74, 6) is 0.183. The summed E-state index contributed by atoms with van der Waals surface area (Å²) in [6.07, 6.45) is 0. The molecule has 0 aromatic heterocycles. The Morgan fingerprint density at radius 3 is 2.69 bits per heavy atom. The fourth-order valence-electron chi connectivity index (χ4n) is 1.30. The van der Waals surface area contributed by atoms with Crippen LogP contribution in [0, 0.1) is 6.92 Å². The van der Waals surface area contributed by atoms with Crippen LogP contribution in [0.3, 0.4) is 0 Å². The minimum absolute atomic E-state index is 0.0324. The second-order valence-electron chi connectivity index (χ2n) is 3.92. The van der Waals surface area contributed by atoms with Crippen LogP contribution in [0.4, 0.5) is 0 Å². The van der Waals surface area contributed by atoms with Crippen molar-refractivity contribution in [1.82, 2.24) is 4.90 Å². The minimum atomic E-state index is -0.0324. The van der Waals surface area contributed by atoms with E-state index >= 15 is 0 Å². The van der Waals surface area contributed by atoms with Crippen LogP contribution in [0.5, 0.6) is 5.75 Å². The van der Waals surface area contributed by atoms with Crippen LogP contribution in [-0.2, 0) is 0 Å². The van der Waals surface area contributed by atoms with Crippen molar-refractivity contribution in [3.63, 3.8) is 0 Å². The maximum atomic E-state index is 12.0. The van der Waals surface area contributed by atoms with Crippen molar-refractivity contribution < 1.29 is 9.90 Å². The number of phenols is 1. The third-order valence-electron chi connectivity index (χ3n) is 2.65. The first-order valence-corrected chi connectivity index (χ1v) is 6.22. The third-order valence-corrected chi connectivity index (χ3v) is 3.59. The highest BCUT2D eigenvalue weighted by atomic mass is 79.9. The van der Waals surface area contributed by atoms with E-state index < -0.39 is 0 Å². The molecule has 1 N–H and O–H groups in total. The Kier molecular flexibility index (Phi) is 4.35. The highest BCUT2D eigenvalue weighted by Gasteiger charge is 2.16.